The van der Waals surface area contributed by atoms with Crippen LogP contribution in [0.5, 0.6) is 11.5 Å². The number of ether oxygens (including phenoxy) is 3. The van der Waals surface area contributed by atoms with E-state index < -0.39 is 12.0 Å². The van der Waals surface area contributed by atoms with E-state index in [1.807, 2.05) is 6.07 Å². The number of carbonyl (C=O) groups is 1. The number of hydrogen-bond acceptors (Lipinski definition) is 5. The van der Waals surface area contributed by atoms with Crippen molar-refractivity contribution in [1.82, 2.24) is 4.57 Å². The van der Waals surface area contributed by atoms with E-state index in [9.17, 15) is 9.18 Å². The maximum absolute atomic E-state index is 14.3. The molecule has 0 N–H and O–H groups in total. The molecule has 0 radical (unpaired) electrons. The summed E-state index contributed by atoms with van der Waals surface area (Å²) in [4.78, 5) is 17.3. The average Bonchev–Trinajstić information content (AvgIpc) is 3.04. The van der Waals surface area contributed by atoms with E-state index in [0.717, 1.165) is 0 Å². The normalized spacial score (nSPS) is 16.7. The molecule has 0 saturated carbocycles. The Balaban J connectivity index is 1.70. The smallest absolute Gasteiger partial charge is 0.292 e. The van der Waals surface area contributed by atoms with Crippen molar-refractivity contribution in [1.29, 1.82) is 0 Å². The van der Waals surface area contributed by atoms with E-state index in [1.54, 1.807) is 42.0 Å². The van der Waals surface area contributed by atoms with Crippen molar-refractivity contribution < 1.29 is 23.4 Å². The Hall–Kier alpha value is -2.71. The van der Waals surface area contributed by atoms with Crippen LogP contribution in [0.15, 0.2) is 47.5 Å². The zero-order valence-electron chi connectivity index (χ0n) is 14.6. The van der Waals surface area contributed by atoms with Crippen LogP contribution >= 0.6 is 11.3 Å². The Morgan fingerprint density at radius 1 is 1.30 bits per heavy atom. The van der Waals surface area contributed by atoms with E-state index >= 15 is 0 Å². The van der Waals surface area contributed by atoms with Crippen molar-refractivity contribution in [2.24, 2.45) is 4.99 Å². The van der Waals surface area contributed by atoms with Gasteiger partial charge in [0.15, 0.2) is 16.3 Å². The van der Waals surface area contributed by atoms with Crippen LogP contribution in [0, 0.1) is 5.82 Å². The number of para-hydroxylation sites is 3. The number of hydrogen-bond donors (Lipinski definition) is 0. The zero-order chi connectivity index (χ0) is 18.8. The fraction of sp³-hybridized carbons (Fsp3) is 0.263. The number of halogens is 1. The number of rotatable bonds is 4. The molecule has 2 aromatic carbocycles. The molecule has 4 rings (SSSR count). The summed E-state index contributed by atoms with van der Waals surface area (Å²) in [5.74, 6) is 0.273. The Kier molecular flexibility index (Phi) is 4.91. The molecule has 2 heterocycles. The topological polar surface area (TPSA) is 62.1 Å². The van der Waals surface area contributed by atoms with E-state index in [2.05, 4.69) is 4.99 Å². The van der Waals surface area contributed by atoms with Crippen molar-refractivity contribution >= 4 is 27.5 Å². The third kappa shape index (κ3) is 3.45. The number of thiazole rings is 1. The van der Waals surface area contributed by atoms with Gasteiger partial charge in [-0.05, 0) is 24.3 Å². The second kappa shape index (κ2) is 7.50. The van der Waals surface area contributed by atoms with Gasteiger partial charge in [-0.3, -0.25) is 4.79 Å². The molecule has 0 fully saturated rings. The molecule has 1 aromatic heterocycles. The highest BCUT2D eigenvalue weighted by atomic mass is 32.1. The summed E-state index contributed by atoms with van der Waals surface area (Å²) in [5, 5.41) is 0. The predicted molar refractivity (Wildman–Crippen MR) is 98.6 cm³/mol. The van der Waals surface area contributed by atoms with Crippen molar-refractivity contribution in [3.05, 3.63) is 53.1 Å². The van der Waals surface area contributed by atoms with E-state index in [0.29, 0.717) is 39.7 Å². The Morgan fingerprint density at radius 3 is 2.93 bits per heavy atom. The number of methoxy groups -OCH3 is 1. The van der Waals surface area contributed by atoms with E-state index in [1.165, 1.54) is 17.4 Å². The van der Waals surface area contributed by atoms with Gasteiger partial charge in [0.05, 0.1) is 16.8 Å². The van der Waals surface area contributed by atoms with Gasteiger partial charge < -0.3 is 18.8 Å². The number of amides is 1. The van der Waals surface area contributed by atoms with Crippen LogP contribution in [0.2, 0.25) is 0 Å². The number of benzene rings is 2. The molecule has 1 atom stereocenters. The van der Waals surface area contributed by atoms with Crippen LogP contribution in [0.3, 0.4) is 0 Å². The highest BCUT2D eigenvalue weighted by molar-refractivity contribution is 7.16. The molecule has 0 aliphatic carbocycles. The van der Waals surface area contributed by atoms with Crippen LogP contribution in [0.4, 0.5) is 4.39 Å². The summed E-state index contributed by atoms with van der Waals surface area (Å²) in [7, 11) is 1.57. The maximum atomic E-state index is 14.3. The predicted octanol–water partition coefficient (Wildman–Crippen LogP) is 2.76. The number of fused-ring (bicyclic) bond motifs is 2. The standard InChI is InChI=1S/C19H17FN2O4S/c1-24-10-9-22-17-12(20)5-4-8-16(17)27-19(22)21-18(23)15-11-25-13-6-2-3-7-14(13)26-15/h2-8,15H,9-11H2,1H3/t15-/m0/s1. The highest BCUT2D eigenvalue weighted by Gasteiger charge is 2.27. The second-order valence-electron chi connectivity index (χ2n) is 5.93. The van der Waals surface area contributed by atoms with Gasteiger partial charge >= 0.3 is 0 Å². The fourth-order valence-corrected chi connectivity index (χ4v) is 3.95. The molecular formula is C19H17FN2O4S. The zero-order valence-corrected chi connectivity index (χ0v) is 15.4. The van der Waals surface area contributed by atoms with Gasteiger partial charge in [0.1, 0.15) is 12.4 Å². The molecule has 1 amide bonds. The number of nitrogens with zero attached hydrogens (tertiary/aromatic N) is 2. The molecule has 0 spiro atoms. The van der Waals surface area contributed by atoms with E-state index in [-0.39, 0.29) is 12.4 Å². The minimum Gasteiger partial charge on any atom is -0.485 e. The Bertz CT molecular complexity index is 1060. The molecule has 140 valence electrons. The van der Waals surface area contributed by atoms with Crippen LogP contribution in [-0.2, 0) is 16.1 Å². The van der Waals surface area contributed by atoms with Crippen molar-refractivity contribution in [3.63, 3.8) is 0 Å². The molecule has 0 bridgehead atoms. The molecule has 0 saturated heterocycles. The summed E-state index contributed by atoms with van der Waals surface area (Å²) in [6.07, 6.45) is -0.842. The van der Waals surface area contributed by atoms with Crippen molar-refractivity contribution in [3.8, 4) is 11.5 Å². The maximum Gasteiger partial charge on any atom is 0.292 e. The monoisotopic (exact) mass is 388 g/mol. The van der Waals surface area contributed by atoms with Gasteiger partial charge in [0.2, 0.25) is 6.10 Å². The lowest BCUT2D eigenvalue weighted by Crippen LogP contribution is -2.37. The van der Waals surface area contributed by atoms with Gasteiger partial charge in [-0.2, -0.15) is 4.99 Å². The largest absolute Gasteiger partial charge is 0.485 e. The lowest BCUT2D eigenvalue weighted by molar-refractivity contribution is -0.127. The van der Waals surface area contributed by atoms with Crippen LogP contribution < -0.4 is 14.3 Å². The van der Waals surface area contributed by atoms with Crippen molar-refractivity contribution in [2.75, 3.05) is 20.3 Å². The lowest BCUT2D eigenvalue weighted by atomic mass is 10.2. The summed E-state index contributed by atoms with van der Waals surface area (Å²) in [6, 6.07) is 12.0. The van der Waals surface area contributed by atoms with Gasteiger partial charge in [0, 0.05) is 13.7 Å². The van der Waals surface area contributed by atoms with Gasteiger partial charge in [-0.1, -0.05) is 29.5 Å². The van der Waals surface area contributed by atoms with Crippen molar-refractivity contribution in [2.45, 2.75) is 12.6 Å². The molecule has 3 aromatic rings. The first-order valence-electron chi connectivity index (χ1n) is 8.41. The van der Waals surface area contributed by atoms with Crippen LogP contribution in [-0.4, -0.2) is 36.9 Å². The number of aromatic nitrogens is 1. The molecule has 1 aliphatic heterocycles. The Labute approximate surface area is 158 Å². The van der Waals surface area contributed by atoms with Crippen LogP contribution in [0.25, 0.3) is 10.2 Å². The second-order valence-corrected chi connectivity index (χ2v) is 6.94. The van der Waals surface area contributed by atoms with Crippen LogP contribution in [0.1, 0.15) is 0 Å². The summed E-state index contributed by atoms with van der Waals surface area (Å²) < 4.78 is 33.1. The first kappa shape index (κ1) is 17.7. The first-order valence-corrected chi connectivity index (χ1v) is 9.23. The highest BCUT2D eigenvalue weighted by Crippen LogP contribution is 2.31. The molecular weight excluding hydrogens is 371 g/mol. The summed E-state index contributed by atoms with van der Waals surface area (Å²) in [5.41, 5.74) is 0.414. The summed E-state index contributed by atoms with van der Waals surface area (Å²) >= 11 is 1.25. The molecule has 27 heavy (non-hydrogen) atoms. The van der Waals surface area contributed by atoms with Gasteiger partial charge in [-0.15, -0.1) is 0 Å². The minimum atomic E-state index is -0.842. The molecule has 6 nitrogen and oxygen atoms in total. The summed E-state index contributed by atoms with van der Waals surface area (Å²) in [6.45, 7) is 0.836. The third-order valence-electron chi connectivity index (χ3n) is 4.16. The average molecular weight is 388 g/mol. The third-order valence-corrected chi connectivity index (χ3v) is 5.20. The first-order chi connectivity index (χ1) is 13.2. The van der Waals surface area contributed by atoms with Gasteiger partial charge in [0.25, 0.3) is 5.91 Å². The van der Waals surface area contributed by atoms with E-state index in [4.69, 9.17) is 14.2 Å². The van der Waals surface area contributed by atoms with Gasteiger partial charge in [-0.25, -0.2) is 4.39 Å². The minimum absolute atomic E-state index is 0.0800. The molecule has 0 unspecified atom stereocenters. The lowest BCUT2D eigenvalue weighted by Gasteiger charge is -2.23. The number of carbonyl (C=O) groups excluding carboxylic acids is 1. The fourth-order valence-electron chi connectivity index (χ4n) is 2.87. The Morgan fingerprint density at radius 2 is 2.11 bits per heavy atom. The molecule has 8 heteroatoms. The quantitative estimate of drug-likeness (QED) is 0.690. The SMILES string of the molecule is COCCn1c(=NC(=O)[C@@H]2COc3ccccc3O2)sc2cccc(F)c21. The molecule has 1 aliphatic rings.